The molecule has 3 rings (SSSR count). The van der Waals surface area contributed by atoms with Crippen LogP contribution in [0.4, 0.5) is 0 Å². The zero-order chi connectivity index (χ0) is 20.8. The first-order valence-corrected chi connectivity index (χ1v) is 9.35. The van der Waals surface area contributed by atoms with Crippen LogP contribution in [0.1, 0.15) is 16.7 Å². The molecule has 0 atom stereocenters. The van der Waals surface area contributed by atoms with Crippen LogP contribution in [0.15, 0.2) is 36.4 Å². The molecule has 0 fully saturated rings. The highest BCUT2D eigenvalue weighted by atomic mass is 35.5. The van der Waals surface area contributed by atoms with Crippen LogP contribution in [-0.2, 0) is 9.59 Å². The van der Waals surface area contributed by atoms with Crippen molar-refractivity contribution in [2.24, 2.45) is 0 Å². The first-order valence-electron chi connectivity index (χ1n) is 8.98. The number of ether oxygens (including phenoxy) is 3. The standard InChI is InChI=1S/C21H21ClN2O5/c1-13-7-14(2)9-16(8-13)29-12-20(26)24-23-19(25)4-3-15-10-17(22)21-18(11-15)27-5-6-28-21/h3-4,7-11H,5-6,12H2,1-2H3,(H,23,25)(H,24,26)/b4-3+. The van der Waals surface area contributed by atoms with Gasteiger partial charge in [0.25, 0.3) is 11.8 Å². The van der Waals surface area contributed by atoms with Crippen molar-refractivity contribution in [3.8, 4) is 17.2 Å². The summed E-state index contributed by atoms with van der Waals surface area (Å²) in [5.41, 5.74) is 7.33. The summed E-state index contributed by atoms with van der Waals surface area (Å²) in [5.74, 6) is 0.639. The number of hydrogen-bond donors (Lipinski definition) is 2. The Morgan fingerprint density at radius 1 is 1.07 bits per heavy atom. The molecule has 2 aromatic rings. The van der Waals surface area contributed by atoms with E-state index in [2.05, 4.69) is 10.9 Å². The molecule has 8 heteroatoms. The van der Waals surface area contributed by atoms with Crippen molar-refractivity contribution >= 4 is 29.5 Å². The van der Waals surface area contributed by atoms with Gasteiger partial charge in [-0.15, -0.1) is 0 Å². The number of hydrazine groups is 1. The van der Waals surface area contributed by atoms with Gasteiger partial charge in [0.1, 0.15) is 19.0 Å². The Labute approximate surface area is 173 Å². The van der Waals surface area contributed by atoms with Crippen molar-refractivity contribution in [3.63, 3.8) is 0 Å². The maximum Gasteiger partial charge on any atom is 0.276 e. The highest BCUT2D eigenvalue weighted by Crippen LogP contribution is 2.38. The lowest BCUT2D eigenvalue weighted by molar-refractivity contribution is -0.128. The maximum atomic E-state index is 11.9. The third-order valence-electron chi connectivity index (χ3n) is 3.94. The van der Waals surface area contributed by atoms with Crippen LogP contribution in [-0.4, -0.2) is 31.6 Å². The molecule has 2 aromatic carbocycles. The van der Waals surface area contributed by atoms with Crippen LogP contribution in [0.2, 0.25) is 5.02 Å². The normalized spacial score (nSPS) is 12.5. The second kappa shape index (κ2) is 9.34. The molecule has 0 saturated heterocycles. The van der Waals surface area contributed by atoms with Crippen LogP contribution in [0.3, 0.4) is 0 Å². The number of carbonyl (C=O) groups is 2. The minimum Gasteiger partial charge on any atom is -0.486 e. The summed E-state index contributed by atoms with van der Waals surface area (Å²) in [5, 5.41) is 0.402. The summed E-state index contributed by atoms with van der Waals surface area (Å²) in [4.78, 5) is 23.8. The average Bonchev–Trinajstić information content (AvgIpc) is 2.68. The van der Waals surface area contributed by atoms with Gasteiger partial charge in [0.15, 0.2) is 18.1 Å². The number of amides is 2. The highest BCUT2D eigenvalue weighted by Gasteiger charge is 2.16. The number of aryl methyl sites for hydroxylation is 2. The molecule has 0 bridgehead atoms. The number of carbonyl (C=O) groups excluding carboxylic acids is 2. The van der Waals surface area contributed by atoms with Gasteiger partial charge in [-0.05, 0) is 60.9 Å². The summed E-state index contributed by atoms with van der Waals surface area (Å²) < 4.78 is 16.4. The number of hydrogen-bond acceptors (Lipinski definition) is 5. The Kier molecular flexibility index (Phi) is 6.61. The molecule has 0 spiro atoms. The van der Waals surface area contributed by atoms with Crippen LogP contribution in [0.25, 0.3) is 6.08 Å². The molecule has 7 nitrogen and oxygen atoms in total. The van der Waals surface area contributed by atoms with E-state index >= 15 is 0 Å². The Bertz CT molecular complexity index is 938. The Balaban J connectivity index is 1.48. The molecule has 0 radical (unpaired) electrons. The van der Waals surface area contributed by atoms with E-state index in [-0.39, 0.29) is 6.61 Å². The molecular weight excluding hydrogens is 396 g/mol. The summed E-state index contributed by atoms with van der Waals surface area (Å²) in [6.45, 7) is 4.55. The van der Waals surface area contributed by atoms with E-state index in [0.717, 1.165) is 11.1 Å². The van der Waals surface area contributed by atoms with Gasteiger partial charge in [0.05, 0.1) is 5.02 Å². The van der Waals surface area contributed by atoms with Crippen LogP contribution in [0.5, 0.6) is 17.2 Å². The van der Waals surface area contributed by atoms with E-state index in [1.54, 1.807) is 18.2 Å². The summed E-state index contributed by atoms with van der Waals surface area (Å²) in [6.07, 6.45) is 2.82. The highest BCUT2D eigenvalue weighted by molar-refractivity contribution is 6.32. The number of nitrogens with one attached hydrogen (secondary N) is 2. The summed E-state index contributed by atoms with van der Waals surface area (Å²) in [7, 11) is 0. The van der Waals surface area contributed by atoms with E-state index in [0.29, 0.717) is 41.0 Å². The quantitative estimate of drug-likeness (QED) is 0.578. The molecule has 1 aliphatic heterocycles. The van der Waals surface area contributed by atoms with Gasteiger partial charge in [-0.2, -0.15) is 0 Å². The second-order valence-corrected chi connectivity index (χ2v) is 6.92. The molecule has 2 amide bonds. The van der Waals surface area contributed by atoms with Crippen molar-refractivity contribution in [1.29, 1.82) is 0 Å². The largest absolute Gasteiger partial charge is 0.486 e. The predicted octanol–water partition coefficient (Wildman–Crippen LogP) is 2.97. The summed E-state index contributed by atoms with van der Waals surface area (Å²) >= 11 is 6.16. The molecule has 152 valence electrons. The van der Waals surface area contributed by atoms with Gasteiger partial charge in [-0.25, -0.2) is 0 Å². The molecule has 0 aliphatic carbocycles. The molecule has 29 heavy (non-hydrogen) atoms. The fourth-order valence-corrected chi connectivity index (χ4v) is 3.05. The van der Waals surface area contributed by atoms with Crippen molar-refractivity contribution in [2.75, 3.05) is 19.8 Å². The molecule has 1 heterocycles. The van der Waals surface area contributed by atoms with E-state index in [4.69, 9.17) is 25.8 Å². The number of rotatable bonds is 5. The first-order chi connectivity index (χ1) is 13.9. The van der Waals surface area contributed by atoms with Crippen LogP contribution >= 0.6 is 11.6 Å². The molecule has 2 N–H and O–H groups in total. The van der Waals surface area contributed by atoms with E-state index in [1.807, 2.05) is 32.0 Å². The fourth-order valence-electron chi connectivity index (χ4n) is 2.77. The van der Waals surface area contributed by atoms with Gasteiger partial charge in [0.2, 0.25) is 0 Å². The lowest BCUT2D eigenvalue weighted by Gasteiger charge is -2.19. The van der Waals surface area contributed by atoms with E-state index in [9.17, 15) is 9.59 Å². The number of benzene rings is 2. The molecule has 0 saturated carbocycles. The fraction of sp³-hybridized carbons (Fsp3) is 0.238. The Morgan fingerprint density at radius 3 is 2.55 bits per heavy atom. The molecule has 0 aromatic heterocycles. The van der Waals surface area contributed by atoms with Crippen molar-refractivity contribution in [2.45, 2.75) is 13.8 Å². The van der Waals surface area contributed by atoms with Gasteiger partial charge in [-0.3, -0.25) is 20.4 Å². The van der Waals surface area contributed by atoms with Gasteiger partial charge < -0.3 is 14.2 Å². The first kappa shape index (κ1) is 20.5. The van der Waals surface area contributed by atoms with Crippen molar-refractivity contribution in [1.82, 2.24) is 10.9 Å². The lowest BCUT2D eigenvalue weighted by atomic mass is 10.1. The minimum atomic E-state index is -0.504. The summed E-state index contributed by atoms with van der Waals surface area (Å²) in [6, 6.07) is 9.06. The molecule has 1 aliphatic rings. The Hall–Kier alpha value is -3.19. The molecular formula is C21H21ClN2O5. The van der Waals surface area contributed by atoms with E-state index in [1.165, 1.54) is 6.08 Å². The lowest BCUT2D eigenvalue weighted by Crippen LogP contribution is -2.43. The van der Waals surface area contributed by atoms with Crippen molar-refractivity contribution in [3.05, 3.63) is 58.1 Å². The molecule has 0 unspecified atom stereocenters. The minimum absolute atomic E-state index is 0.218. The smallest absolute Gasteiger partial charge is 0.276 e. The third kappa shape index (κ3) is 5.89. The number of halogens is 1. The van der Waals surface area contributed by atoms with Crippen molar-refractivity contribution < 1.29 is 23.8 Å². The van der Waals surface area contributed by atoms with Gasteiger partial charge in [-0.1, -0.05) is 17.7 Å². The zero-order valence-corrected chi connectivity index (χ0v) is 16.8. The van der Waals surface area contributed by atoms with Crippen LogP contribution < -0.4 is 25.1 Å². The van der Waals surface area contributed by atoms with Gasteiger partial charge in [0, 0.05) is 6.08 Å². The Morgan fingerprint density at radius 2 is 1.79 bits per heavy atom. The van der Waals surface area contributed by atoms with E-state index < -0.39 is 11.8 Å². The maximum absolute atomic E-state index is 11.9. The van der Waals surface area contributed by atoms with Crippen LogP contribution in [0, 0.1) is 13.8 Å². The third-order valence-corrected chi connectivity index (χ3v) is 4.22. The number of fused-ring (bicyclic) bond motifs is 1. The second-order valence-electron chi connectivity index (χ2n) is 6.51. The van der Waals surface area contributed by atoms with Gasteiger partial charge >= 0.3 is 0 Å². The monoisotopic (exact) mass is 416 g/mol. The predicted molar refractivity (Wildman–Crippen MR) is 109 cm³/mol. The average molecular weight is 417 g/mol. The SMILES string of the molecule is Cc1cc(C)cc(OCC(=O)NNC(=O)/C=C/c2cc(Cl)c3c(c2)OCCO3)c1. The zero-order valence-electron chi connectivity index (χ0n) is 16.1. The topological polar surface area (TPSA) is 85.9 Å².